The van der Waals surface area contributed by atoms with E-state index in [1.165, 1.54) is 0 Å². The SMILES string of the molecule is CC1CCC(CO)(NC(C)CC(=O)O)CC1. The number of aliphatic hydroxyl groups excluding tert-OH is 1. The third kappa shape index (κ3) is 3.76. The van der Waals surface area contributed by atoms with Crippen LogP contribution in [0.15, 0.2) is 0 Å². The van der Waals surface area contributed by atoms with Crippen LogP contribution in [0.25, 0.3) is 0 Å². The van der Waals surface area contributed by atoms with Crippen LogP contribution >= 0.6 is 0 Å². The predicted molar refractivity (Wildman–Crippen MR) is 62.3 cm³/mol. The van der Waals surface area contributed by atoms with E-state index < -0.39 is 5.97 Å². The second-order valence-electron chi connectivity index (χ2n) is 5.26. The van der Waals surface area contributed by atoms with Gasteiger partial charge in [-0.1, -0.05) is 6.92 Å². The van der Waals surface area contributed by atoms with Gasteiger partial charge in [-0.2, -0.15) is 0 Å². The van der Waals surface area contributed by atoms with Gasteiger partial charge in [0.25, 0.3) is 0 Å². The molecule has 16 heavy (non-hydrogen) atoms. The van der Waals surface area contributed by atoms with E-state index in [4.69, 9.17) is 5.11 Å². The summed E-state index contributed by atoms with van der Waals surface area (Å²) in [7, 11) is 0. The van der Waals surface area contributed by atoms with Gasteiger partial charge in [-0.15, -0.1) is 0 Å². The monoisotopic (exact) mass is 229 g/mol. The molecule has 4 nitrogen and oxygen atoms in total. The molecule has 1 atom stereocenters. The van der Waals surface area contributed by atoms with E-state index in [-0.39, 0.29) is 24.6 Å². The molecule has 0 aromatic carbocycles. The zero-order chi connectivity index (χ0) is 12.2. The Balaban J connectivity index is 2.50. The van der Waals surface area contributed by atoms with E-state index in [0.717, 1.165) is 31.6 Å². The number of rotatable bonds is 5. The van der Waals surface area contributed by atoms with Gasteiger partial charge in [0.2, 0.25) is 0 Å². The highest BCUT2D eigenvalue weighted by Crippen LogP contribution is 2.32. The molecule has 94 valence electrons. The van der Waals surface area contributed by atoms with Crippen LogP contribution in [0.1, 0.15) is 46.0 Å². The van der Waals surface area contributed by atoms with Crippen LogP contribution in [0.5, 0.6) is 0 Å². The van der Waals surface area contributed by atoms with Gasteiger partial charge in [0.05, 0.1) is 13.0 Å². The van der Waals surface area contributed by atoms with Crippen LogP contribution in [-0.2, 0) is 4.79 Å². The molecule has 1 rings (SSSR count). The molecule has 1 saturated carbocycles. The number of carboxylic acids is 1. The van der Waals surface area contributed by atoms with Gasteiger partial charge >= 0.3 is 5.97 Å². The van der Waals surface area contributed by atoms with E-state index >= 15 is 0 Å². The van der Waals surface area contributed by atoms with E-state index in [1.807, 2.05) is 6.92 Å². The minimum absolute atomic E-state index is 0.0851. The van der Waals surface area contributed by atoms with Crippen molar-refractivity contribution in [1.29, 1.82) is 0 Å². The molecule has 1 aliphatic carbocycles. The van der Waals surface area contributed by atoms with E-state index in [1.54, 1.807) is 0 Å². The fourth-order valence-corrected chi connectivity index (χ4v) is 2.50. The van der Waals surface area contributed by atoms with Crippen molar-refractivity contribution >= 4 is 5.97 Å². The normalized spacial score (nSPS) is 32.3. The maximum Gasteiger partial charge on any atom is 0.304 e. The Kier molecular flexibility index (Phi) is 4.74. The van der Waals surface area contributed by atoms with E-state index in [0.29, 0.717) is 0 Å². The smallest absolute Gasteiger partial charge is 0.304 e. The third-order valence-electron chi connectivity index (χ3n) is 3.57. The lowest BCUT2D eigenvalue weighted by Gasteiger charge is -2.40. The molecule has 4 heteroatoms. The van der Waals surface area contributed by atoms with Gasteiger partial charge in [0.1, 0.15) is 0 Å². The lowest BCUT2D eigenvalue weighted by atomic mass is 9.77. The lowest BCUT2D eigenvalue weighted by molar-refractivity contribution is -0.137. The molecule has 0 aromatic rings. The van der Waals surface area contributed by atoms with E-state index in [9.17, 15) is 9.90 Å². The largest absolute Gasteiger partial charge is 0.481 e. The fourth-order valence-electron chi connectivity index (χ4n) is 2.50. The number of aliphatic hydroxyl groups is 1. The van der Waals surface area contributed by atoms with Crippen molar-refractivity contribution in [3.05, 3.63) is 0 Å². The number of hydrogen-bond acceptors (Lipinski definition) is 3. The Hall–Kier alpha value is -0.610. The Morgan fingerprint density at radius 3 is 2.50 bits per heavy atom. The second-order valence-corrected chi connectivity index (χ2v) is 5.26. The molecular formula is C12H23NO3. The number of carboxylic acid groups (broad SMARTS) is 1. The van der Waals surface area contributed by atoms with Gasteiger partial charge in [0, 0.05) is 11.6 Å². The summed E-state index contributed by atoms with van der Waals surface area (Å²) in [6, 6.07) is -0.0851. The van der Waals surface area contributed by atoms with Gasteiger partial charge in [-0.05, 0) is 38.5 Å². The molecule has 1 fully saturated rings. The highest BCUT2D eigenvalue weighted by molar-refractivity contribution is 5.67. The number of hydrogen-bond donors (Lipinski definition) is 3. The van der Waals surface area contributed by atoms with Crippen LogP contribution in [0.4, 0.5) is 0 Å². The Labute approximate surface area is 97.0 Å². The second kappa shape index (κ2) is 5.64. The minimum atomic E-state index is -0.794. The molecule has 0 aliphatic heterocycles. The topological polar surface area (TPSA) is 69.6 Å². The summed E-state index contributed by atoms with van der Waals surface area (Å²) in [5.74, 6) is -0.0754. The first-order valence-corrected chi connectivity index (χ1v) is 6.08. The summed E-state index contributed by atoms with van der Waals surface area (Å²) in [5.41, 5.74) is -0.249. The molecule has 0 radical (unpaired) electrons. The van der Waals surface area contributed by atoms with Crippen LogP contribution in [0.2, 0.25) is 0 Å². The number of aliphatic carboxylic acids is 1. The summed E-state index contributed by atoms with van der Waals surface area (Å²) in [5, 5.41) is 21.5. The lowest BCUT2D eigenvalue weighted by Crippen LogP contribution is -2.54. The number of nitrogens with one attached hydrogen (secondary N) is 1. The van der Waals surface area contributed by atoms with Crippen LogP contribution in [0, 0.1) is 5.92 Å². The molecule has 0 spiro atoms. The van der Waals surface area contributed by atoms with Crippen LogP contribution < -0.4 is 5.32 Å². The highest BCUT2D eigenvalue weighted by atomic mass is 16.4. The van der Waals surface area contributed by atoms with Crippen molar-refractivity contribution in [3.8, 4) is 0 Å². The van der Waals surface area contributed by atoms with Crippen molar-refractivity contribution in [2.75, 3.05) is 6.61 Å². The van der Waals surface area contributed by atoms with Crippen molar-refractivity contribution in [2.24, 2.45) is 5.92 Å². The first kappa shape index (κ1) is 13.5. The molecule has 0 saturated heterocycles. The molecule has 0 bridgehead atoms. The average molecular weight is 229 g/mol. The van der Waals surface area contributed by atoms with Crippen molar-refractivity contribution in [1.82, 2.24) is 5.32 Å². The molecule has 1 aliphatic rings. The maximum atomic E-state index is 10.6. The fraction of sp³-hybridized carbons (Fsp3) is 0.917. The molecule has 0 aromatic heterocycles. The Morgan fingerprint density at radius 2 is 2.06 bits per heavy atom. The van der Waals surface area contributed by atoms with E-state index in [2.05, 4.69) is 12.2 Å². The van der Waals surface area contributed by atoms with Crippen molar-refractivity contribution in [2.45, 2.75) is 57.5 Å². The summed E-state index contributed by atoms with van der Waals surface area (Å²) >= 11 is 0. The van der Waals surface area contributed by atoms with Gasteiger partial charge < -0.3 is 15.5 Å². The van der Waals surface area contributed by atoms with Crippen molar-refractivity contribution in [3.63, 3.8) is 0 Å². The zero-order valence-corrected chi connectivity index (χ0v) is 10.2. The summed E-state index contributed by atoms with van der Waals surface area (Å²) < 4.78 is 0. The quantitative estimate of drug-likeness (QED) is 0.666. The molecule has 0 heterocycles. The Morgan fingerprint density at radius 1 is 1.50 bits per heavy atom. The molecular weight excluding hydrogens is 206 g/mol. The maximum absolute atomic E-state index is 10.6. The summed E-state index contributed by atoms with van der Waals surface area (Å²) in [6.45, 7) is 4.19. The van der Waals surface area contributed by atoms with Gasteiger partial charge in [-0.3, -0.25) is 4.79 Å². The predicted octanol–water partition coefficient (Wildman–Crippen LogP) is 1.38. The third-order valence-corrected chi connectivity index (χ3v) is 3.57. The molecule has 1 unspecified atom stereocenters. The minimum Gasteiger partial charge on any atom is -0.481 e. The summed E-state index contributed by atoms with van der Waals surface area (Å²) in [4.78, 5) is 10.6. The van der Waals surface area contributed by atoms with Gasteiger partial charge in [0.15, 0.2) is 0 Å². The average Bonchev–Trinajstić information content (AvgIpc) is 2.21. The van der Waals surface area contributed by atoms with Crippen LogP contribution in [-0.4, -0.2) is 34.4 Å². The standard InChI is InChI=1S/C12H23NO3/c1-9-3-5-12(8-14,6-4-9)13-10(2)7-11(15)16/h9-10,13-14H,3-8H2,1-2H3,(H,15,16). The van der Waals surface area contributed by atoms with Gasteiger partial charge in [-0.25, -0.2) is 0 Å². The van der Waals surface area contributed by atoms with Crippen molar-refractivity contribution < 1.29 is 15.0 Å². The molecule has 3 N–H and O–H groups in total. The first-order chi connectivity index (χ1) is 7.47. The summed E-state index contributed by atoms with van der Waals surface area (Å²) in [6.07, 6.45) is 4.20. The highest BCUT2D eigenvalue weighted by Gasteiger charge is 2.34. The number of carbonyl (C=O) groups is 1. The van der Waals surface area contributed by atoms with Crippen LogP contribution in [0.3, 0.4) is 0 Å². The Bertz CT molecular complexity index is 234. The zero-order valence-electron chi connectivity index (χ0n) is 10.2. The first-order valence-electron chi connectivity index (χ1n) is 6.08. The molecule has 0 amide bonds.